The van der Waals surface area contributed by atoms with Crippen LogP contribution >= 0.6 is 0 Å². The third kappa shape index (κ3) is 1.69. The van der Waals surface area contributed by atoms with Gasteiger partial charge in [-0.15, -0.1) is 0 Å². The monoisotopic (exact) mass is 269 g/mol. The van der Waals surface area contributed by atoms with E-state index in [9.17, 15) is 13.2 Å². The summed E-state index contributed by atoms with van der Waals surface area (Å²) in [5.74, 6) is 9.50. The van der Waals surface area contributed by atoms with Crippen LogP contribution < -0.4 is 17.1 Å². The molecule has 1 amide bonds. The SMILES string of the molecule is NN=C1c2ccccc2S(=O)(=O)N1CC(=O)NN. The van der Waals surface area contributed by atoms with Gasteiger partial charge in [-0.2, -0.15) is 5.10 Å². The summed E-state index contributed by atoms with van der Waals surface area (Å²) in [5.41, 5.74) is 2.23. The van der Waals surface area contributed by atoms with E-state index in [0.29, 0.717) is 5.56 Å². The van der Waals surface area contributed by atoms with Crippen LogP contribution in [0.15, 0.2) is 34.3 Å². The standard InChI is InChI=1S/C9H11N5O3S/c10-12-8(15)5-14-9(13-11)6-3-1-2-4-7(6)18(14,16)17/h1-4H,5,10-11H2,(H,12,15). The molecule has 8 nitrogen and oxygen atoms in total. The van der Waals surface area contributed by atoms with E-state index in [1.165, 1.54) is 6.07 Å². The largest absolute Gasteiger partial charge is 0.321 e. The van der Waals surface area contributed by atoms with Crippen LogP contribution in [0.4, 0.5) is 0 Å². The number of hydrazone groups is 1. The van der Waals surface area contributed by atoms with Gasteiger partial charge in [0.1, 0.15) is 6.54 Å². The van der Waals surface area contributed by atoms with Gasteiger partial charge in [0.25, 0.3) is 15.9 Å². The Morgan fingerprint density at radius 3 is 2.67 bits per heavy atom. The molecule has 9 heteroatoms. The molecular formula is C9H11N5O3S. The van der Waals surface area contributed by atoms with E-state index in [1.54, 1.807) is 18.2 Å². The highest BCUT2D eigenvalue weighted by molar-refractivity contribution is 7.90. The summed E-state index contributed by atoms with van der Waals surface area (Å²) < 4.78 is 25.2. The lowest BCUT2D eigenvalue weighted by Crippen LogP contribution is -2.43. The van der Waals surface area contributed by atoms with E-state index < -0.39 is 22.5 Å². The van der Waals surface area contributed by atoms with Crippen molar-refractivity contribution in [3.05, 3.63) is 29.8 Å². The molecule has 96 valence electrons. The molecule has 18 heavy (non-hydrogen) atoms. The number of nitrogens with two attached hydrogens (primary N) is 2. The molecule has 5 N–H and O–H groups in total. The molecule has 1 aromatic carbocycles. The predicted molar refractivity (Wildman–Crippen MR) is 63.4 cm³/mol. The summed E-state index contributed by atoms with van der Waals surface area (Å²) in [6.45, 7) is -0.469. The number of hydrogen-bond donors (Lipinski definition) is 3. The van der Waals surface area contributed by atoms with E-state index in [-0.39, 0.29) is 10.7 Å². The number of nitrogens with one attached hydrogen (secondary N) is 1. The Morgan fingerprint density at radius 2 is 2.06 bits per heavy atom. The first kappa shape index (κ1) is 12.3. The maximum Gasteiger partial charge on any atom is 0.266 e. The zero-order valence-electron chi connectivity index (χ0n) is 9.20. The first-order valence-electron chi connectivity index (χ1n) is 4.92. The molecule has 0 saturated carbocycles. The van der Waals surface area contributed by atoms with Gasteiger partial charge in [-0.1, -0.05) is 12.1 Å². The van der Waals surface area contributed by atoms with E-state index in [4.69, 9.17) is 11.7 Å². The Morgan fingerprint density at radius 1 is 1.39 bits per heavy atom. The van der Waals surface area contributed by atoms with Crippen molar-refractivity contribution in [1.29, 1.82) is 0 Å². The van der Waals surface area contributed by atoms with Crippen molar-refractivity contribution in [2.24, 2.45) is 16.8 Å². The third-order valence-electron chi connectivity index (χ3n) is 2.50. The van der Waals surface area contributed by atoms with Crippen LogP contribution in [-0.2, 0) is 14.8 Å². The van der Waals surface area contributed by atoms with Gasteiger partial charge in [0.05, 0.1) is 4.90 Å². The normalized spacial score (nSPS) is 18.7. The lowest BCUT2D eigenvalue weighted by Gasteiger charge is -2.15. The highest BCUT2D eigenvalue weighted by Crippen LogP contribution is 2.29. The molecule has 2 rings (SSSR count). The number of amidine groups is 1. The molecule has 0 atom stereocenters. The number of hydrogen-bond acceptors (Lipinski definition) is 6. The van der Waals surface area contributed by atoms with Crippen LogP contribution in [0.2, 0.25) is 0 Å². The van der Waals surface area contributed by atoms with Gasteiger partial charge in [0, 0.05) is 5.56 Å². The van der Waals surface area contributed by atoms with Crippen molar-refractivity contribution in [2.75, 3.05) is 6.54 Å². The molecule has 1 aliphatic rings. The fourth-order valence-corrected chi connectivity index (χ4v) is 3.30. The number of benzene rings is 1. The van der Waals surface area contributed by atoms with Crippen molar-refractivity contribution in [1.82, 2.24) is 9.73 Å². The Kier molecular flexibility index (Phi) is 2.93. The number of carbonyl (C=O) groups excluding carboxylic acids is 1. The topological polar surface area (TPSA) is 131 Å². The quantitative estimate of drug-likeness (QED) is 0.334. The Hall–Kier alpha value is -2.13. The lowest BCUT2D eigenvalue weighted by molar-refractivity contribution is -0.120. The van der Waals surface area contributed by atoms with Crippen molar-refractivity contribution >= 4 is 21.8 Å². The Balaban J connectivity index is 2.55. The van der Waals surface area contributed by atoms with Crippen molar-refractivity contribution in [2.45, 2.75) is 4.90 Å². The highest BCUT2D eigenvalue weighted by Gasteiger charge is 2.40. The van der Waals surface area contributed by atoms with E-state index in [2.05, 4.69) is 5.10 Å². The number of rotatable bonds is 2. The van der Waals surface area contributed by atoms with Gasteiger partial charge in [-0.05, 0) is 12.1 Å². The summed E-state index contributed by atoms with van der Waals surface area (Å²) >= 11 is 0. The Bertz CT molecular complexity index is 625. The fraction of sp³-hybridized carbons (Fsp3) is 0.111. The fourth-order valence-electron chi connectivity index (χ4n) is 1.71. The molecule has 0 unspecified atom stereocenters. The number of carbonyl (C=O) groups is 1. The molecular weight excluding hydrogens is 258 g/mol. The average Bonchev–Trinajstić information content (AvgIpc) is 2.58. The van der Waals surface area contributed by atoms with E-state index >= 15 is 0 Å². The first-order valence-corrected chi connectivity index (χ1v) is 6.36. The molecule has 1 heterocycles. The molecule has 0 fully saturated rings. The Labute approximate surface area is 103 Å². The minimum absolute atomic E-state index is 0.0224. The van der Waals surface area contributed by atoms with Gasteiger partial charge < -0.3 is 5.84 Å². The molecule has 0 radical (unpaired) electrons. The van der Waals surface area contributed by atoms with Crippen LogP contribution in [0.1, 0.15) is 5.56 Å². The van der Waals surface area contributed by atoms with Gasteiger partial charge >= 0.3 is 0 Å². The zero-order valence-corrected chi connectivity index (χ0v) is 10.0. The van der Waals surface area contributed by atoms with Gasteiger partial charge in [0.15, 0.2) is 5.84 Å². The van der Waals surface area contributed by atoms with Crippen molar-refractivity contribution < 1.29 is 13.2 Å². The first-order chi connectivity index (χ1) is 8.52. The summed E-state index contributed by atoms with van der Waals surface area (Å²) in [4.78, 5) is 11.3. The third-order valence-corrected chi connectivity index (χ3v) is 4.30. The number of amides is 1. The number of sulfonamides is 1. The molecule has 1 aromatic rings. The number of nitrogens with zero attached hydrogens (tertiary/aromatic N) is 2. The van der Waals surface area contributed by atoms with Gasteiger partial charge in [-0.25, -0.2) is 18.6 Å². The van der Waals surface area contributed by atoms with Gasteiger partial charge in [-0.3, -0.25) is 10.2 Å². The van der Waals surface area contributed by atoms with Gasteiger partial charge in [0.2, 0.25) is 0 Å². The molecule has 0 bridgehead atoms. The predicted octanol–water partition coefficient (Wildman–Crippen LogP) is -1.70. The summed E-state index contributed by atoms with van der Waals surface area (Å²) in [5, 5.41) is 3.44. The smallest absolute Gasteiger partial charge is 0.266 e. The van der Waals surface area contributed by atoms with Crippen molar-refractivity contribution in [3.63, 3.8) is 0 Å². The second-order valence-electron chi connectivity index (χ2n) is 3.53. The van der Waals surface area contributed by atoms with E-state index in [1.807, 2.05) is 5.43 Å². The maximum absolute atomic E-state index is 12.2. The minimum Gasteiger partial charge on any atom is -0.321 e. The van der Waals surface area contributed by atoms with Crippen molar-refractivity contribution in [3.8, 4) is 0 Å². The van der Waals surface area contributed by atoms with E-state index in [0.717, 1.165) is 4.31 Å². The van der Waals surface area contributed by atoms with Crippen LogP contribution in [-0.4, -0.2) is 31.0 Å². The summed E-state index contributed by atoms with van der Waals surface area (Å²) in [6.07, 6.45) is 0. The van der Waals surface area contributed by atoms with Crippen LogP contribution in [0.3, 0.4) is 0 Å². The zero-order chi connectivity index (χ0) is 13.3. The second kappa shape index (κ2) is 4.27. The summed E-state index contributed by atoms with van der Waals surface area (Å²) in [6, 6.07) is 6.23. The molecule has 0 spiro atoms. The number of hydrazine groups is 1. The average molecular weight is 269 g/mol. The maximum atomic E-state index is 12.2. The van der Waals surface area contributed by atoms with Crippen LogP contribution in [0.25, 0.3) is 0 Å². The molecule has 1 aliphatic heterocycles. The lowest BCUT2D eigenvalue weighted by atomic mass is 10.2. The van der Waals surface area contributed by atoms with Crippen LogP contribution in [0, 0.1) is 0 Å². The highest BCUT2D eigenvalue weighted by atomic mass is 32.2. The summed E-state index contributed by atoms with van der Waals surface area (Å²) in [7, 11) is -3.81. The number of fused-ring (bicyclic) bond motifs is 1. The minimum atomic E-state index is -3.81. The van der Waals surface area contributed by atoms with Crippen LogP contribution in [0.5, 0.6) is 0 Å². The molecule has 0 saturated heterocycles. The second-order valence-corrected chi connectivity index (χ2v) is 5.36. The molecule has 0 aliphatic carbocycles. The molecule has 0 aromatic heterocycles.